The molecule has 0 atom stereocenters. The van der Waals surface area contributed by atoms with Gasteiger partial charge in [-0.2, -0.15) is 0 Å². The number of aliphatic imine (C=N–C) groups is 1. The first-order valence-electron chi connectivity index (χ1n) is 10.1. The SMILES string of the molecule is CCNC(=NCc1ccc(N(CC)CC)nc1)NCc1ccc(OC)cc1OC. The lowest BCUT2D eigenvalue weighted by atomic mass is 10.2. The molecule has 1 aromatic carbocycles. The van der Waals surface area contributed by atoms with Gasteiger partial charge in [0.05, 0.1) is 20.8 Å². The average molecular weight is 400 g/mol. The predicted molar refractivity (Wildman–Crippen MR) is 119 cm³/mol. The Morgan fingerprint density at radius 1 is 1.03 bits per heavy atom. The van der Waals surface area contributed by atoms with Crippen molar-refractivity contribution in [2.75, 3.05) is 38.8 Å². The molecule has 7 heteroatoms. The van der Waals surface area contributed by atoms with Crippen molar-refractivity contribution in [3.05, 3.63) is 47.7 Å². The van der Waals surface area contributed by atoms with E-state index in [0.717, 1.165) is 54.0 Å². The number of guanidine groups is 1. The molecule has 29 heavy (non-hydrogen) atoms. The van der Waals surface area contributed by atoms with E-state index in [9.17, 15) is 0 Å². The summed E-state index contributed by atoms with van der Waals surface area (Å²) in [7, 11) is 3.30. The monoisotopic (exact) mass is 399 g/mol. The van der Waals surface area contributed by atoms with Gasteiger partial charge in [-0.05, 0) is 44.5 Å². The minimum absolute atomic E-state index is 0.556. The molecule has 0 fully saturated rings. The second-order valence-electron chi connectivity index (χ2n) is 6.42. The summed E-state index contributed by atoms with van der Waals surface area (Å²) >= 11 is 0. The third-order valence-electron chi connectivity index (χ3n) is 4.60. The Morgan fingerprint density at radius 2 is 1.83 bits per heavy atom. The van der Waals surface area contributed by atoms with Gasteiger partial charge in [0.25, 0.3) is 0 Å². The van der Waals surface area contributed by atoms with Crippen LogP contribution < -0.4 is 25.0 Å². The average Bonchev–Trinajstić information content (AvgIpc) is 2.77. The van der Waals surface area contributed by atoms with Gasteiger partial charge in [-0.1, -0.05) is 6.07 Å². The molecule has 0 unspecified atom stereocenters. The second-order valence-corrected chi connectivity index (χ2v) is 6.42. The van der Waals surface area contributed by atoms with E-state index in [0.29, 0.717) is 13.1 Å². The highest BCUT2D eigenvalue weighted by Gasteiger charge is 2.07. The van der Waals surface area contributed by atoms with Gasteiger partial charge >= 0.3 is 0 Å². The van der Waals surface area contributed by atoms with E-state index in [1.165, 1.54) is 0 Å². The highest BCUT2D eigenvalue weighted by Crippen LogP contribution is 2.24. The molecule has 0 amide bonds. The second kappa shape index (κ2) is 11.8. The van der Waals surface area contributed by atoms with E-state index in [1.54, 1.807) is 14.2 Å². The van der Waals surface area contributed by atoms with E-state index in [1.807, 2.05) is 31.3 Å². The molecule has 0 aliphatic rings. The van der Waals surface area contributed by atoms with Gasteiger partial charge in [-0.3, -0.25) is 0 Å². The Balaban J connectivity index is 2.03. The Morgan fingerprint density at radius 3 is 2.41 bits per heavy atom. The summed E-state index contributed by atoms with van der Waals surface area (Å²) < 4.78 is 10.7. The van der Waals surface area contributed by atoms with E-state index >= 15 is 0 Å². The van der Waals surface area contributed by atoms with E-state index in [2.05, 4.69) is 51.5 Å². The maximum absolute atomic E-state index is 5.47. The third-order valence-corrected chi connectivity index (χ3v) is 4.60. The highest BCUT2D eigenvalue weighted by atomic mass is 16.5. The number of hydrogen-bond donors (Lipinski definition) is 2. The molecule has 2 aromatic rings. The molecule has 0 aliphatic carbocycles. The summed E-state index contributed by atoms with van der Waals surface area (Å²) in [4.78, 5) is 11.5. The van der Waals surface area contributed by atoms with Crippen molar-refractivity contribution < 1.29 is 9.47 Å². The standard InChI is InChI=1S/C22H33N5O2/c1-6-23-22(26-16-18-10-11-19(28-4)13-20(18)29-5)25-15-17-9-12-21(24-14-17)27(7-2)8-3/h9-14H,6-8,15-16H2,1-5H3,(H2,23,25,26). The van der Waals surface area contributed by atoms with Crippen molar-refractivity contribution in [1.29, 1.82) is 0 Å². The van der Waals surface area contributed by atoms with Crippen molar-refractivity contribution >= 4 is 11.8 Å². The Kier molecular flexibility index (Phi) is 9.08. The van der Waals surface area contributed by atoms with Crippen LogP contribution in [0.1, 0.15) is 31.9 Å². The molecule has 2 rings (SSSR count). The van der Waals surface area contributed by atoms with Gasteiger partial charge in [0.2, 0.25) is 0 Å². The van der Waals surface area contributed by atoms with Gasteiger partial charge in [0.15, 0.2) is 5.96 Å². The Hall–Kier alpha value is -2.96. The van der Waals surface area contributed by atoms with Gasteiger partial charge in [-0.15, -0.1) is 0 Å². The normalized spacial score (nSPS) is 11.1. The van der Waals surface area contributed by atoms with Crippen molar-refractivity contribution in [2.24, 2.45) is 4.99 Å². The van der Waals surface area contributed by atoms with Crippen LogP contribution >= 0.6 is 0 Å². The fourth-order valence-corrected chi connectivity index (χ4v) is 2.93. The molecule has 0 bridgehead atoms. The van der Waals surface area contributed by atoms with Gasteiger partial charge in [0, 0.05) is 44.0 Å². The Labute approximate surface area is 174 Å². The fourth-order valence-electron chi connectivity index (χ4n) is 2.93. The Bertz CT molecular complexity index is 773. The molecule has 7 nitrogen and oxygen atoms in total. The largest absolute Gasteiger partial charge is 0.497 e. The van der Waals surface area contributed by atoms with Crippen molar-refractivity contribution in [1.82, 2.24) is 15.6 Å². The van der Waals surface area contributed by atoms with Crippen LogP contribution in [0.15, 0.2) is 41.5 Å². The lowest BCUT2D eigenvalue weighted by Crippen LogP contribution is -2.36. The summed E-state index contributed by atoms with van der Waals surface area (Å²) in [6.45, 7) is 10.1. The summed E-state index contributed by atoms with van der Waals surface area (Å²) in [6, 6.07) is 9.93. The van der Waals surface area contributed by atoms with E-state index in [4.69, 9.17) is 9.47 Å². The molecular weight excluding hydrogens is 366 g/mol. The molecule has 0 aliphatic heterocycles. The quantitative estimate of drug-likeness (QED) is 0.472. The third kappa shape index (κ3) is 6.55. The number of methoxy groups -OCH3 is 2. The highest BCUT2D eigenvalue weighted by molar-refractivity contribution is 5.79. The lowest BCUT2D eigenvalue weighted by Gasteiger charge is -2.19. The zero-order valence-corrected chi connectivity index (χ0v) is 18.2. The first-order valence-corrected chi connectivity index (χ1v) is 10.1. The van der Waals surface area contributed by atoms with Gasteiger partial charge in [-0.25, -0.2) is 9.98 Å². The minimum Gasteiger partial charge on any atom is -0.497 e. The van der Waals surface area contributed by atoms with E-state index < -0.39 is 0 Å². The number of nitrogens with zero attached hydrogens (tertiary/aromatic N) is 3. The van der Waals surface area contributed by atoms with Crippen molar-refractivity contribution in [2.45, 2.75) is 33.9 Å². The summed E-state index contributed by atoms with van der Waals surface area (Å²) in [6.07, 6.45) is 1.90. The van der Waals surface area contributed by atoms with Crippen LogP contribution in [0, 0.1) is 0 Å². The molecule has 1 aromatic heterocycles. The number of pyridine rings is 1. The number of rotatable bonds is 10. The van der Waals surface area contributed by atoms with Gasteiger partial charge in [0.1, 0.15) is 17.3 Å². The summed E-state index contributed by atoms with van der Waals surface area (Å²) in [5.41, 5.74) is 2.10. The first kappa shape index (κ1) is 22.3. The molecule has 0 saturated heterocycles. The molecule has 0 spiro atoms. The molecular formula is C22H33N5O2. The van der Waals surface area contributed by atoms with Crippen molar-refractivity contribution in [3.63, 3.8) is 0 Å². The number of anilines is 1. The predicted octanol–water partition coefficient (Wildman–Crippen LogP) is 3.20. The number of aromatic nitrogens is 1. The molecule has 2 N–H and O–H groups in total. The fraction of sp³-hybridized carbons (Fsp3) is 0.455. The maximum Gasteiger partial charge on any atom is 0.191 e. The molecule has 1 heterocycles. The molecule has 0 radical (unpaired) electrons. The van der Waals surface area contributed by atoms with Crippen LogP contribution in [-0.4, -0.2) is 44.8 Å². The van der Waals surface area contributed by atoms with Gasteiger partial charge < -0.3 is 25.0 Å². The van der Waals surface area contributed by atoms with E-state index in [-0.39, 0.29) is 0 Å². The van der Waals surface area contributed by atoms with Crippen LogP contribution in [0.2, 0.25) is 0 Å². The number of nitrogens with one attached hydrogen (secondary N) is 2. The molecule has 0 saturated carbocycles. The number of ether oxygens (including phenoxy) is 2. The van der Waals surface area contributed by atoms with Crippen LogP contribution in [0.5, 0.6) is 11.5 Å². The smallest absolute Gasteiger partial charge is 0.191 e. The maximum atomic E-state index is 5.47. The number of benzene rings is 1. The first-order chi connectivity index (χ1) is 14.1. The zero-order valence-electron chi connectivity index (χ0n) is 18.2. The van der Waals surface area contributed by atoms with Crippen LogP contribution in [-0.2, 0) is 13.1 Å². The van der Waals surface area contributed by atoms with Crippen LogP contribution in [0.3, 0.4) is 0 Å². The summed E-state index contributed by atoms with van der Waals surface area (Å²) in [5, 5.41) is 6.63. The van der Waals surface area contributed by atoms with Crippen molar-refractivity contribution in [3.8, 4) is 11.5 Å². The lowest BCUT2D eigenvalue weighted by molar-refractivity contribution is 0.390. The van der Waals surface area contributed by atoms with Crippen LogP contribution in [0.25, 0.3) is 0 Å². The molecule has 158 valence electrons. The minimum atomic E-state index is 0.556. The zero-order chi connectivity index (χ0) is 21.1. The topological polar surface area (TPSA) is 71.0 Å². The number of hydrogen-bond acceptors (Lipinski definition) is 5. The summed E-state index contributed by atoms with van der Waals surface area (Å²) in [5.74, 6) is 3.30. The van der Waals surface area contributed by atoms with Crippen LogP contribution in [0.4, 0.5) is 5.82 Å².